The third-order valence-corrected chi connectivity index (χ3v) is 4.61. The topological polar surface area (TPSA) is 91.1 Å². The SMILES string of the molecule is O=C1c2ccccc2N2C(=O)CCC2(C(=O)O)N1Cc1ccco1. The van der Waals surface area contributed by atoms with Gasteiger partial charge in [-0.3, -0.25) is 19.4 Å². The summed E-state index contributed by atoms with van der Waals surface area (Å²) in [4.78, 5) is 40.1. The van der Waals surface area contributed by atoms with Crippen LogP contribution in [0.15, 0.2) is 47.1 Å². The molecule has 24 heavy (non-hydrogen) atoms. The molecule has 122 valence electrons. The van der Waals surface area contributed by atoms with Crippen molar-refractivity contribution in [3.63, 3.8) is 0 Å². The Morgan fingerprint density at radius 2 is 2.00 bits per heavy atom. The van der Waals surface area contributed by atoms with Crippen LogP contribution in [0.25, 0.3) is 0 Å². The average molecular weight is 326 g/mol. The summed E-state index contributed by atoms with van der Waals surface area (Å²) in [6.45, 7) is -0.0176. The van der Waals surface area contributed by atoms with Gasteiger partial charge in [0.15, 0.2) is 0 Å². The Morgan fingerprint density at radius 3 is 2.71 bits per heavy atom. The van der Waals surface area contributed by atoms with E-state index in [0.29, 0.717) is 17.0 Å². The molecule has 0 aliphatic carbocycles. The number of rotatable bonds is 3. The second kappa shape index (κ2) is 4.95. The Balaban J connectivity index is 1.93. The maximum Gasteiger partial charge on any atom is 0.351 e. The number of carbonyl (C=O) groups excluding carboxylic acids is 2. The van der Waals surface area contributed by atoms with Crippen LogP contribution in [0, 0.1) is 0 Å². The van der Waals surface area contributed by atoms with Crippen LogP contribution in [0.2, 0.25) is 0 Å². The number of fused-ring (bicyclic) bond motifs is 3. The summed E-state index contributed by atoms with van der Waals surface area (Å²) in [5.74, 6) is -1.48. The molecule has 1 atom stereocenters. The van der Waals surface area contributed by atoms with Crippen LogP contribution >= 0.6 is 0 Å². The van der Waals surface area contributed by atoms with Gasteiger partial charge in [-0.1, -0.05) is 12.1 Å². The molecule has 0 bridgehead atoms. The van der Waals surface area contributed by atoms with Crippen molar-refractivity contribution in [3.8, 4) is 0 Å². The van der Waals surface area contributed by atoms with Crippen LogP contribution < -0.4 is 4.90 Å². The quantitative estimate of drug-likeness (QED) is 0.929. The molecule has 7 nitrogen and oxygen atoms in total. The van der Waals surface area contributed by atoms with Crippen molar-refractivity contribution in [2.24, 2.45) is 0 Å². The Morgan fingerprint density at radius 1 is 1.21 bits per heavy atom. The van der Waals surface area contributed by atoms with Crippen LogP contribution in [-0.4, -0.2) is 33.5 Å². The molecule has 1 N–H and O–H groups in total. The van der Waals surface area contributed by atoms with Crippen LogP contribution in [0.5, 0.6) is 0 Å². The van der Waals surface area contributed by atoms with E-state index in [4.69, 9.17) is 4.42 Å². The van der Waals surface area contributed by atoms with Crippen LogP contribution in [0.1, 0.15) is 29.0 Å². The lowest BCUT2D eigenvalue weighted by atomic mass is 9.96. The van der Waals surface area contributed by atoms with Gasteiger partial charge in [-0.25, -0.2) is 4.79 Å². The molecule has 1 aromatic heterocycles. The zero-order chi connectivity index (χ0) is 16.9. The molecule has 2 amide bonds. The minimum Gasteiger partial charge on any atom is -0.478 e. The Labute approximate surface area is 137 Å². The van der Waals surface area contributed by atoms with E-state index >= 15 is 0 Å². The molecule has 1 unspecified atom stereocenters. The van der Waals surface area contributed by atoms with E-state index in [1.54, 1.807) is 36.4 Å². The Bertz CT molecular complexity index is 844. The summed E-state index contributed by atoms with van der Waals surface area (Å²) in [7, 11) is 0. The van der Waals surface area contributed by atoms with E-state index < -0.39 is 17.5 Å². The molecule has 1 saturated heterocycles. The van der Waals surface area contributed by atoms with Crippen molar-refractivity contribution < 1.29 is 23.9 Å². The van der Waals surface area contributed by atoms with E-state index in [1.165, 1.54) is 16.1 Å². The number of amides is 2. The lowest BCUT2D eigenvalue weighted by Crippen LogP contribution is -2.67. The maximum absolute atomic E-state index is 13.0. The van der Waals surface area contributed by atoms with Gasteiger partial charge < -0.3 is 9.52 Å². The van der Waals surface area contributed by atoms with Gasteiger partial charge in [0.1, 0.15) is 5.76 Å². The highest BCUT2D eigenvalue weighted by atomic mass is 16.4. The number of anilines is 1. The molecule has 1 aromatic carbocycles. The van der Waals surface area contributed by atoms with Crippen LogP contribution in [0.4, 0.5) is 5.69 Å². The molecule has 2 aliphatic heterocycles. The first-order chi connectivity index (χ1) is 11.6. The highest BCUT2D eigenvalue weighted by Gasteiger charge is 2.61. The molecule has 4 rings (SSSR count). The predicted molar refractivity (Wildman–Crippen MR) is 82.1 cm³/mol. The van der Waals surface area contributed by atoms with Gasteiger partial charge in [-0.05, 0) is 24.3 Å². The van der Waals surface area contributed by atoms with Gasteiger partial charge in [-0.15, -0.1) is 0 Å². The monoisotopic (exact) mass is 326 g/mol. The fourth-order valence-electron chi connectivity index (χ4n) is 3.54. The third kappa shape index (κ3) is 1.75. The number of hydrogen-bond donors (Lipinski definition) is 1. The minimum atomic E-state index is -1.71. The first-order valence-electron chi connectivity index (χ1n) is 7.55. The standard InChI is InChI=1S/C17H14N2O5/c20-14-7-8-17(16(22)23)18(10-11-4-3-9-24-11)15(21)12-5-1-2-6-13(12)19(14)17/h1-6,9H,7-8,10H2,(H,22,23). The van der Waals surface area contributed by atoms with Crippen LogP contribution in [0.3, 0.4) is 0 Å². The molecule has 3 heterocycles. The first-order valence-corrected chi connectivity index (χ1v) is 7.55. The summed E-state index contributed by atoms with van der Waals surface area (Å²) < 4.78 is 5.28. The number of para-hydroxylation sites is 1. The molecular weight excluding hydrogens is 312 g/mol. The summed E-state index contributed by atoms with van der Waals surface area (Å²) in [5.41, 5.74) is -1.05. The third-order valence-electron chi connectivity index (χ3n) is 4.61. The number of hydrogen-bond acceptors (Lipinski definition) is 4. The number of benzene rings is 1. The number of carbonyl (C=O) groups is 3. The second-order valence-corrected chi connectivity index (χ2v) is 5.84. The van der Waals surface area contributed by atoms with Crippen molar-refractivity contribution in [2.45, 2.75) is 25.0 Å². The Kier molecular flexibility index (Phi) is 2.99. The number of nitrogens with zero attached hydrogens (tertiary/aromatic N) is 2. The average Bonchev–Trinajstić information content (AvgIpc) is 3.20. The maximum atomic E-state index is 13.0. The van der Waals surface area contributed by atoms with Gasteiger partial charge in [0, 0.05) is 12.8 Å². The molecule has 0 saturated carbocycles. The molecule has 2 aliphatic rings. The zero-order valence-corrected chi connectivity index (χ0v) is 12.6. The van der Waals surface area contributed by atoms with Gasteiger partial charge >= 0.3 is 5.97 Å². The minimum absolute atomic E-state index is 0.0176. The first kappa shape index (κ1) is 14.5. The Hall–Kier alpha value is -3.09. The zero-order valence-electron chi connectivity index (χ0n) is 12.6. The summed E-state index contributed by atoms with van der Waals surface area (Å²) in [6.07, 6.45) is 1.58. The lowest BCUT2D eigenvalue weighted by molar-refractivity contribution is -0.150. The highest BCUT2D eigenvalue weighted by molar-refractivity contribution is 6.15. The molecule has 2 aromatic rings. The van der Waals surface area contributed by atoms with Crippen molar-refractivity contribution in [3.05, 3.63) is 54.0 Å². The van der Waals surface area contributed by atoms with E-state index in [0.717, 1.165) is 0 Å². The van der Waals surface area contributed by atoms with Gasteiger partial charge in [0.05, 0.1) is 24.1 Å². The van der Waals surface area contributed by atoms with E-state index in [-0.39, 0.29) is 25.3 Å². The molecular formula is C17H14N2O5. The number of carboxylic acid groups (broad SMARTS) is 1. The highest BCUT2D eigenvalue weighted by Crippen LogP contribution is 2.45. The van der Waals surface area contributed by atoms with Crippen LogP contribution in [-0.2, 0) is 16.1 Å². The van der Waals surface area contributed by atoms with E-state index in [1.807, 2.05) is 0 Å². The number of aliphatic carboxylic acids is 1. The number of carboxylic acids is 1. The van der Waals surface area contributed by atoms with Gasteiger partial charge in [-0.2, -0.15) is 0 Å². The van der Waals surface area contributed by atoms with E-state index in [9.17, 15) is 19.5 Å². The summed E-state index contributed by atoms with van der Waals surface area (Å²) >= 11 is 0. The fraction of sp³-hybridized carbons (Fsp3) is 0.235. The van der Waals surface area contributed by atoms with Crippen molar-refractivity contribution in [1.82, 2.24) is 4.90 Å². The second-order valence-electron chi connectivity index (χ2n) is 5.84. The predicted octanol–water partition coefficient (Wildman–Crippen LogP) is 1.84. The van der Waals surface area contributed by atoms with Crippen molar-refractivity contribution in [2.75, 3.05) is 4.90 Å². The summed E-state index contributed by atoms with van der Waals surface area (Å²) in [6, 6.07) is 9.93. The van der Waals surface area contributed by atoms with Crippen molar-refractivity contribution >= 4 is 23.5 Å². The van der Waals surface area contributed by atoms with E-state index in [2.05, 4.69) is 0 Å². The fourth-order valence-corrected chi connectivity index (χ4v) is 3.54. The molecule has 1 fully saturated rings. The molecule has 0 spiro atoms. The normalized spacial score (nSPS) is 22.5. The molecule has 7 heteroatoms. The summed E-state index contributed by atoms with van der Waals surface area (Å²) in [5, 5.41) is 9.94. The smallest absolute Gasteiger partial charge is 0.351 e. The van der Waals surface area contributed by atoms with Gasteiger partial charge in [0.2, 0.25) is 11.6 Å². The lowest BCUT2D eigenvalue weighted by Gasteiger charge is -2.47. The van der Waals surface area contributed by atoms with Crippen molar-refractivity contribution in [1.29, 1.82) is 0 Å². The molecule has 0 radical (unpaired) electrons. The number of furan rings is 1. The van der Waals surface area contributed by atoms with Gasteiger partial charge in [0.25, 0.3) is 5.91 Å². The largest absolute Gasteiger partial charge is 0.478 e.